The van der Waals surface area contributed by atoms with Crippen molar-refractivity contribution in [2.75, 3.05) is 5.32 Å². The van der Waals surface area contributed by atoms with E-state index in [0.29, 0.717) is 18.9 Å². The van der Waals surface area contributed by atoms with Crippen LogP contribution in [0.25, 0.3) is 11.0 Å². The van der Waals surface area contributed by atoms with Gasteiger partial charge in [0.05, 0.1) is 23.3 Å². The molecule has 1 aliphatic heterocycles. The summed E-state index contributed by atoms with van der Waals surface area (Å²) < 4.78 is 2.96. The minimum atomic E-state index is -0.695. The number of carbonyl (C=O) groups is 1. The van der Waals surface area contributed by atoms with E-state index in [1.54, 1.807) is 0 Å². The molecule has 2 heterocycles. The Morgan fingerprint density at radius 1 is 1.06 bits per heavy atom. The number of carbonyl (C=O) groups excluding carboxylic acids is 1. The van der Waals surface area contributed by atoms with Crippen LogP contribution >= 0.6 is 15.9 Å². The van der Waals surface area contributed by atoms with E-state index in [-0.39, 0.29) is 5.91 Å². The lowest BCUT2D eigenvalue weighted by Crippen LogP contribution is -2.29. The summed E-state index contributed by atoms with van der Waals surface area (Å²) >= 11 is 3.46. The summed E-state index contributed by atoms with van der Waals surface area (Å²) in [5, 5.41) is 7.08. The average molecular weight is 475 g/mol. The number of aromatic nitrogens is 2. The molecule has 6 nitrogen and oxygen atoms in total. The van der Waals surface area contributed by atoms with Crippen molar-refractivity contribution in [3.8, 4) is 0 Å². The Morgan fingerprint density at radius 2 is 1.87 bits per heavy atom. The van der Waals surface area contributed by atoms with Crippen molar-refractivity contribution in [1.82, 2.24) is 9.55 Å². The maximum absolute atomic E-state index is 13.0. The van der Waals surface area contributed by atoms with Gasteiger partial charge in [-0.3, -0.25) is 10.1 Å². The number of amides is 1. The van der Waals surface area contributed by atoms with Gasteiger partial charge in [0.2, 0.25) is 12.1 Å². The van der Waals surface area contributed by atoms with Crippen molar-refractivity contribution in [2.24, 2.45) is 5.16 Å². The first-order valence-corrected chi connectivity index (χ1v) is 10.8. The van der Waals surface area contributed by atoms with Crippen molar-refractivity contribution in [1.29, 1.82) is 0 Å². The van der Waals surface area contributed by atoms with Crippen LogP contribution in [0.2, 0.25) is 0 Å². The molecule has 4 aromatic rings. The molecule has 1 aliphatic rings. The first-order chi connectivity index (χ1) is 15.2. The second kappa shape index (κ2) is 8.35. The zero-order valence-electron chi connectivity index (χ0n) is 16.5. The number of benzene rings is 3. The average Bonchev–Trinajstić information content (AvgIpc) is 3.41. The largest absolute Gasteiger partial charge is 0.382 e. The molecule has 0 fully saturated rings. The lowest BCUT2D eigenvalue weighted by Gasteiger charge is -2.12. The highest BCUT2D eigenvalue weighted by atomic mass is 79.9. The molecule has 3 aromatic carbocycles. The van der Waals surface area contributed by atoms with E-state index in [1.807, 2.05) is 71.3 Å². The van der Waals surface area contributed by atoms with Crippen LogP contribution < -0.4 is 5.32 Å². The Kier molecular flexibility index (Phi) is 5.26. The maximum atomic E-state index is 13.0. The van der Waals surface area contributed by atoms with Crippen molar-refractivity contribution in [3.05, 3.63) is 94.5 Å². The molecule has 0 saturated carbocycles. The van der Waals surface area contributed by atoms with Crippen LogP contribution in [-0.2, 0) is 16.2 Å². The van der Waals surface area contributed by atoms with Gasteiger partial charge in [0.15, 0.2) is 0 Å². The monoisotopic (exact) mass is 474 g/mol. The predicted octanol–water partition coefficient (Wildman–Crippen LogP) is 4.98. The molecule has 1 amide bonds. The molecule has 0 bridgehead atoms. The molecule has 1 aromatic heterocycles. The molecule has 154 valence electrons. The summed E-state index contributed by atoms with van der Waals surface area (Å²) in [6.07, 6.45) is -0.291. The number of anilines is 1. The molecule has 0 aliphatic carbocycles. The highest BCUT2D eigenvalue weighted by Gasteiger charge is 2.30. The van der Waals surface area contributed by atoms with Gasteiger partial charge >= 0.3 is 0 Å². The molecular weight excluding hydrogens is 456 g/mol. The SMILES string of the molecule is O=C(Nc1nc2ccccc2n1Cc1ccccc1)C1CC(c2cccc(Br)c2)=NO1. The zero-order valence-corrected chi connectivity index (χ0v) is 18.1. The number of hydrogen-bond acceptors (Lipinski definition) is 4. The van der Waals surface area contributed by atoms with E-state index < -0.39 is 6.10 Å². The van der Waals surface area contributed by atoms with Crippen molar-refractivity contribution < 1.29 is 9.63 Å². The molecule has 5 rings (SSSR count). The second-order valence-corrected chi connectivity index (χ2v) is 8.25. The third kappa shape index (κ3) is 4.09. The first kappa shape index (κ1) is 19.5. The fourth-order valence-electron chi connectivity index (χ4n) is 3.64. The summed E-state index contributed by atoms with van der Waals surface area (Å²) in [6.45, 7) is 0.599. The highest BCUT2D eigenvalue weighted by Crippen LogP contribution is 2.24. The van der Waals surface area contributed by atoms with Crippen LogP contribution in [0.3, 0.4) is 0 Å². The van der Waals surface area contributed by atoms with E-state index in [0.717, 1.165) is 32.3 Å². The van der Waals surface area contributed by atoms with E-state index in [1.165, 1.54) is 0 Å². The van der Waals surface area contributed by atoms with Crippen LogP contribution in [0.5, 0.6) is 0 Å². The minimum absolute atomic E-state index is 0.265. The van der Waals surface area contributed by atoms with Gasteiger partial charge in [-0.1, -0.05) is 75.7 Å². The minimum Gasteiger partial charge on any atom is -0.382 e. The van der Waals surface area contributed by atoms with E-state index in [9.17, 15) is 4.79 Å². The summed E-state index contributed by atoms with van der Waals surface area (Å²) in [6, 6.07) is 25.7. The maximum Gasteiger partial charge on any atom is 0.271 e. The lowest BCUT2D eigenvalue weighted by atomic mass is 10.0. The molecule has 31 heavy (non-hydrogen) atoms. The Morgan fingerprint density at radius 3 is 2.71 bits per heavy atom. The van der Waals surface area contributed by atoms with Gasteiger partial charge in [0, 0.05) is 16.5 Å². The topological polar surface area (TPSA) is 68.5 Å². The quantitative estimate of drug-likeness (QED) is 0.443. The van der Waals surface area contributed by atoms with Crippen LogP contribution in [0.4, 0.5) is 5.95 Å². The number of halogens is 1. The van der Waals surface area contributed by atoms with Gasteiger partial charge in [-0.2, -0.15) is 0 Å². The molecule has 0 spiro atoms. The summed E-state index contributed by atoms with van der Waals surface area (Å²) in [7, 11) is 0. The molecule has 1 atom stereocenters. The van der Waals surface area contributed by atoms with Gasteiger partial charge in [0.1, 0.15) is 0 Å². The number of hydrogen-bond donors (Lipinski definition) is 1. The van der Waals surface area contributed by atoms with E-state index >= 15 is 0 Å². The number of nitrogens with one attached hydrogen (secondary N) is 1. The van der Waals surface area contributed by atoms with E-state index in [4.69, 9.17) is 4.84 Å². The van der Waals surface area contributed by atoms with Gasteiger partial charge in [-0.05, 0) is 29.8 Å². The standard InChI is InChI=1S/C24H19BrN4O2/c25-18-10-6-9-17(13-18)20-14-22(31-28-20)23(30)27-24-26-19-11-4-5-12-21(19)29(24)15-16-7-2-1-3-8-16/h1-13,22H,14-15H2,(H,26,27,30). The zero-order chi connectivity index (χ0) is 21.2. The normalized spacial score (nSPS) is 15.5. The second-order valence-electron chi connectivity index (χ2n) is 7.33. The van der Waals surface area contributed by atoms with Crippen molar-refractivity contribution in [2.45, 2.75) is 19.1 Å². The predicted molar refractivity (Wildman–Crippen MR) is 124 cm³/mol. The Balaban J connectivity index is 1.37. The smallest absolute Gasteiger partial charge is 0.271 e. The van der Waals surface area contributed by atoms with Gasteiger partial charge in [-0.25, -0.2) is 4.98 Å². The molecule has 1 N–H and O–H groups in total. The van der Waals surface area contributed by atoms with Crippen LogP contribution in [0, 0.1) is 0 Å². The molecule has 7 heteroatoms. The number of nitrogens with zero attached hydrogens (tertiary/aromatic N) is 3. The fourth-order valence-corrected chi connectivity index (χ4v) is 4.04. The molecule has 1 unspecified atom stereocenters. The van der Waals surface area contributed by atoms with Crippen LogP contribution in [-0.4, -0.2) is 27.3 Å². The number of oxime groups is 1. The molecule has 0 radical (unpaired) electrons. The van der Waals surface area contributed by atoms with Crippen LogP contribution in [0.1, 0.15) is 17.5 Å². The third-order valence-corrected chi connectivity index (χ3v) is 5.69. The number of fused-ring (bicyclic) bond motifs is 1. The summed E-state index contributed by atoms with van der Waals surface area (Å²) in [5.74, 6) is 0.230. The lowest BCUT2D eigenvalue weighted by molar-refractivity contribution is -0.125. The molecule has 0 saturated heterocycles. The Hall–Kier alpha value is -3.45. The third-order valence-electron chi connectivity index (χ3n) is 5.19. The van der Waals surface area contributed by atoms with Crippen LogP contribution in [0.15, 0.2) is 88.5 Å². The number of rotatable bonds is 5. The fraction of sp³-hybridized carbons (Fsp3) is 0.125. The van der Waals surface area contributed by atoms with Gasteiger partial charge < -0.3 is 9.40 Å². The number of imidazole rings is 1. The highest BCUT2D eigenvalue weighted by molar-refractivity contribution is 9.10. The molecular formula is C24H19BrN4O2. The first-order valence-electron chi connectivity index (χ1n) is 9.96. The number of para-hydroxylation sites is 2. The van der Waals surface area contributed by atoms with Gasteiger partial charge in [0.25, 0.3) is 5.91 Å². The van der Waals surface area contributed by atoms with E-state index in [2.05, 4.69) is 43.5 Å². The Labute approximate surface area is 187 Å². The van der Waals surface area contributed by atoms with Crippen molar-refractivity contribution >= 4 is 44.5 Å². The summed E-state index contributed by atoms with van der Waals surface area (Å²) in [5.41, 5.74) is 4.59. The Bertz CT molecular complexity index is 1280. The van der Waals surface area contributed by atoms with Crippen molar-refractivity contribution in [3.63, 3.8) is 0 Å². The summed E-state index contributed by atoms with van der Waals surface area (Å²) in [4.78, 5) is 23.1. The van der Waals surface area contributed by atoms with Gasteiger partial charge in [-0.15, -0.1) is 0 Å².